The monoisotopic (exact) mass is 276 g/mol. The lowest BCUT2D eigenvalue weighted by Crippen LogP contribution is -2.15. The molecular weight excluding hydrogens is 260 g/mol. The SMILES string of the molecule is Cc1cc(C)c(NS(=O)(=O)c2cccnc2)c(C)c1. The van der Waals surface area contributed by atoms with Gasteiger partial charge < -0.3 is 0 Å². The van der Waals surface area contributed by atoms with Crippen LogP contribution in [-0.2, 0) is 10.0 Å². The van der Waals surface area contributed by atoms with E-state index in [4.69, 9.17) is 0 Å². The van der Waals surface area contributed by atoms with E-state index in [0.29, 0.717) is 5.69 Å². The Balaban J connectivity index is 2.42. The van der Waals surface area contributed by atoms with Gasteiger partial charge in [-0.15, -0.1) is 0 Å². The largest absolute Gasteiger partial charge is 0.279 e. The molecule has 0 unspecified atom stereocenters. The summed E-state index contributed by atoms with van der Waals surface area (Å²) in [5.74, 6) is 0. The fourth-order valence-corrected chi connectivity index (χ4v) is 3.21. The summed E-state index contributed by atoms with van der Waals surface area (Å²) >= 11 is 0. The average molecular weight is 276 g/mol. The van der Waals surface area contributed by atoms with Crippen LogP contribution in [0.3, 0.4) is 0 Å². The Morgan fingerprint density at radius 3 is 2.26 bits per heavy atom. The molecule has 0 aliphatic heterocycles. The first-order chi connectivity index (χ1) is 8.90. The van der Waals surface area contributed by atoms with Crippen LogP contribution in [0.2, 0.25) is 0 Å². The van der Waals surface area contributed by atoms with E-state index < -0.39 is 10.0 Å². The summed E-state index contributed by atoms with van der Waals surface area (Å²) in [7, 11) is -3.58. The summed E-state index contributed by atoms with van der Waals surface area (Å²) in [6.45, 7) is 5.77. The molecule has 1 aromatic heterocycles. The molecule has 0 radical (unpaired) electrons. The first-order valence-electron chi connectivity index (χ1n) is 5.91. The van der Waals surface area contributed by atoms with Crippen LogP contribution in [0.4, 0.5) is 5.69 Å². The van der Waals surface area contributed by atoms with Crippen LogP contribution in [0.5, 0.6) is 0 Å². The van der Waals surface area contributed by atoms with Gasteiger partial charge in [0.2, 0.25) is 0 Å². The molecule has 4 nitrogen and oxygen atoms in total. The lowest BCUT2D eigenvalue weighted by molar-refractivity contribution is 0.600. The predicted molar refractivity (Wildman–Crippen MR) is 75.7 cm³/mol. The number of benzene rings is 1. The van der Waals surface area contributed by atoms with Gasteiger partial charge in [0.1, 0.15) is 4.90 Å². The van der Waals surface area contributed by atoms with Crippen molar-refractivity contribution in [1.82, 2.24) is 4.98 Å². The van der Waals surface area contributed by atoms with Crippen LogP contribution < -0.4 is 4.72 Å². The van der Waals surface area contributed by atoms with Crippen LogP contribution in [0.1, 0.15) is 16.7 Å². The van der Waals surface area contributed by atoms with Crippen LogP contribution in [0.15, 0.2) is 41.6 Å². The van der Waals surface area contributed by atoms with Crippen molar-refractivity contribution in [3.63, 3.8) is 0 Å². The molecular formula is C14H16N2O2S. The summed E-state index contributed by atoms with van der Waals surface area (Å²) in [6, 6.07) is 7.03. The van der Waals surface area contributed by atoms with Gasteiger partial charge in [0, 0.05) is 12.4 Å². The lowest BCUT2D eigenvalue weighted by Gasteiger charge is -2.14. The molecule has 1 aromatic carbocycles. The van der Waals surface area contributed by atoms with E-state index in [1.807, 2.05) is 32.9 Å². The zero-order chi connectivity index (χ0) is 14.0. The maximum Gasteiger partial charge on any atom is 0.263 e. The maximum absolute atomic E-state index is 12.2. The third-order valence-corrected chi connectivity index (χ3v) is 4.19. The van der Waals surface area contributed by atoms with Gasteiger partial charge in [-0.2, -0.15) is 0 Å². The van der Waals surface area contributed by atoms with E-state index in [2.05, 4.69) is 9.71 Å². The Labute approximate surface area is 113 Å². The van der Waals surface area contributed by atoms with Gasteiger partial charge >= 0.3 is 0 Å². The van der Waals surface area contributed by atoms with Gasteiger partial charge in [-0.3, -0.25) is 9.71 Å². The maximum atomic E-state index is 12.2. The Morgan fingerprint density at radius 1 is 1.11 bits per heavy atom. The molecule has 2 rings (SSSR count). The molecule has 1 N–H and O–H groups in total. The fourth-order valence-electron chi connectivity index (χ4n) is 2.04. The van der Waals surface area contributed by atoms with E-state index in [1.54, 1.807) is 12.3 Å². The van der Waals surface area contributed by atoms with E-state index in [-0.39, 0.29) is 4.90 Å². The molecule has 0 fully saturated rings. The predicted octanol–water partition coefficient (Wildman–Crippen LogP) is 2.81. The van der Waals surface area contributed by atoms with Crippen molar-refractivity contribution in [1.29, 1.82) is 0 Å². The zero-order valence-corrected chi connectivity index (χ0v) is 12.0. The number of hydrogen-bond acceptors (Lipinski definition) is 3. The molecule has 0 atom stereocenters. The number of aromatic nitrogens is 1. The normalized spacial score (nSPS) is 11.3. The van der Waals surface area contributed by atoms with Crippen molar-refractivity contribution < 1.29 is 8.42 Å². The smallest absolute Gasteiger partial charge is 0.263 e. The highest BCUT2D eigenvalue weighted by Crippen LogP contribution is 2.24. The van der Waals surface area contributed by atoms with E-state index in [1.165, 1.54) is 12.3 Å². The zero-order valence-electron chi connectivity index (χ0n) is 11.1. The van der Waals surface area contributed by atoms with Crippen LogP contribution in [0, 0.1) is 20.8 Å². The molecule has 1 heterocycles. The first kappa shape index (κ1) is 13.5. The van der Waals surface area contributed by atoms with Crippen LogP contribution in [0.25, 0.3) is 0 Å². The van der Waals surface area contributed by atoms with Crippen molar-refractivity contribution in [3.05, 3.63) is 53.3 Å². The standard InChI is InChI=1S/C14H16N2O2S/c1-10-7-11(2)14(12(3)8-10)16-19(17,18)13-5-4-6-15-9-13/h4-9,16H,1-3H3. The number of pyridine rings is 1. The number of nitrogens with zero attached hydrogens (tertiary/aromatic N) is 1. The lowest BCUT2D eigenvalue weighted by atomic mass is 10.1. The minimum Gasteiger partial charge on any atom is -0.279 e. The Morgan fingerprint density at radius 2 is 1.74 bits per heavy atom. The molecule has 0 bridgehead atoms. The van der Waals surface area contributed by atoms with E-state index >= 15 is 0 Å². The van der Waals surface area contributed by atoms with Crippen molar-refractivity contribution in [2.75, 3.05) is 4.72 Å². The fraction of sp³-hybridized carbons (Fsp3) is 0.214. The Bertz CT molecular complexity index is 672. The molecule has 0 saturated carbocycles. The highest BCUT2D eigenvalue weighted by molar-refractivity contribution is 7.92. The van der Waals surface area contributed by atoms with Gasteiger partial charge in [0.25, 0.3) is 10.0 Å². The summed E-state index contributed by atoms with van der Waals surface area (Å²) in [5.41, 5.74) is 3.56. The van der Waals surface area contributed by atoms with Crippen molar-refractivity contribution in [2.24, 2.45) is 0 Å². The molecule has 0 aliphatic carbocycles. The van der Waals surface area contributed by atoms with Gasteiger partial charge in [0.15, 0.2) is 0 Å². The topological polar surface area (TPSA) is 59.1 Å². The highest BCUT2D eigenvalue weighted by atomic mass is 32.2. The minimum absolute atomic E-state index is 0.161. The van der Waals surface area contributed by atoms with Crippen molar-refractivity contribution in [2.45, 2.75) is 25.7 Å². The quantitative estimate of drug-likeness (QED) is 0.937. The Kier molecular flexibility index (Phi) is 3.57. The molecule has 2 aromatic rings. The highest BCUT2D eigenvalue weighted by Gasteiger charge is 2.16. The minimum atomic E-state index is -3.58. The molecule has 5 heteroatoms. The number of anilines is 1. The molecule has 0 aliphatic rings. The molecule has 0 spiro atoms. The van der Waals surface area contributed by atoms with Gasteiger partial charge in [-0.05, 0) is 44.0 Å². The van der Waals surface area contributed by atoms with Crippen LogP contribution >= 0.6 is 0 Å². The number of aryl methyl sites for hydroxylation is 3. The molecule has 100 valence electrons. The number of nitrogens with one attached hydrogen (secondary N) is 1. The summed E-state index contributed by atoms with van der Waals surface area (Å²) < 4.78 is 27.1. The summed E-state index contributed by atoms with van der Waals surface area (Å²) in [6.07, 6.45) is 2.88. The second-order valence-electron chi connectivity index (χ2n) is 4.57. The summed E-state index contributed by atoms with van der Waals surface area (Å²) in [5, 5.41) is 0. The second-order valence-corrected chi connectivity index (χ2v) is 6.25. The molecule has 0 saturated heterocycles. The van der Waals surface area contributed by atoms with Gasteiger partial charge in [-0.25, -0.2) is 8.42 Å². The summed E-state index contributed by atoms with van der Waals surface area (Å²) in [4.78, 5) is 3.99. The Hall–Kier alpha value is -1.88. The number of sulfonamides is 1. The average Bonchev–Trinajstić information content (AvgIpc) is 2.35. The third kappa shape index (κ3) is 2.93. The molecule has 19 heavy (non-hydrogen) atoms. The van der Waals surface area contributed by atoms with Crippen molar-refractivity contribution >= 4 is 15.7 Å². The first-order valence-corrected chi connectivity index (χ1v) is 7.39. The second kappa shape index (κ2) is 5.01. The van der Waals surface area contributed by atoms with E-state index in [9.17, 15) is 8.42 Å². The molecule has 0 amide bonds. The van der Waals surface area contributed by atoms with Crippen molar-refractivity contribution in [3.8, 4) is 0 Å². The third-order valence-electron chi connectivity index (χ3n) is 2.86. The number of hydrogen-bond donors (Lipinski definition) is 1. The van der Waals surface area contributed by atoms with Gasteiger partial charge in [-0.1, -0.05) is 17.7 Å². The van der Waals surface area contributed by atoms with Gasteiger partial charge in [0.05, 0.1) is 5.69 Å². The van der Waals surface area contributed by atoms with Crippen LogP contribution in [-0.4, -0.2) is 13.4 Å². The number of rotatable bonds is 3. The van der Waals surface area contributed by atoms with E-state index in [0.717, 1.165) is 16.7 Å².